The Morgan fingerprint density at radius 1 is 0.512 bits per heavy atom. The molecule has 1 fully saturated rings. The maximum atomic E-state index is 6.08. The maximum Gasteiger partial charge on any atom is 0.161 e. The number of benzene rings is 2. The quantitative estimate of drug-likeness (QED) is 0.562. The summed E-state index contributed by atoms with van der Waals surface area (Å²) in [5, 5.41) is 3.63. The number of hydrogen-bond donors (Lipinski definition) is 1. The first kappa shape index (κ1) is 31.4. The Labute approximate surface area is 244 Å². The molecule has 1 saturated carbocycles. The van der Waals surface area contributed by atoms with E-state index in [2.05, 4.69) is 17.4 Å². The van der Waals surface area contributed by atoms with E-state index < -0.39 is 0 Å². The van der Waals surface area contributed by atoms with Crippen molar-refractivity contribution in [3.05, 3.63) is 48.0 Å². The van der Waals surface area contributed by atoms with E-state index in [1.807, 2.05) is 30.3 Å². The Morgan fingerprint density at radius 2 is 0.976 bits per heavy atom. The fraction of sp³-hybridized carbons (Fsp3) is 0.625. The first-order valence-electron chi connectivity index (χ1n) is 15.1. The Kier molecular flexibility index (Phi) is 15.0. The van der Waals surface area contributed by atoms with Gasteiger partial charge < -0.3 is 43.2 Å². The van der Waals surface area contributed by atoms with Gasteiger partial charge in [-0.3, -0.25) is 0 Å². The molecule has 4 rings (SSSR count). The Hall–Kier alpha value is -2.56. The van der Waals surface area contributed by atoms with E-state index in [0.717, 1.165) is 24.8 Å². The van der Waals surface area contributed by atoms with Crippen LogP contribution in [0.25, 0.3) is 0 Å². The third-order valence-corrected chi connectivity index (χ3v) is 7.03. The van der Waals surface area contributed by atoms with Crippen molar-refractivity contribution in [1.29, 1.82) is 0 Å². The molecule has 0 atom stereocenters. The van der Waals surface area contributed by atoms with Crippen LogP contribution in [0.2, 0.25) is 0 Å². The zero-order valence-electron chi connectivity index (χ0n) is 24.3. The number of ether oxygens (including phenoxy) is 8. The summed E-state index contributed by atoms with van der Waals surface area (Å²) in [5.74, 6) is 3.59. The molecule has 1 heterocycles. The molecule has 9 nitrogen and oxygen atoms in total. The normalized spacial score (nSPS) is 19.6. The van der Waals surface area contributed by atoms with Gasteiger partial charge in [-0.15, -0.1) is 0 Å². The van der Waals surface area contributed by atoms with E-state index in [1.54, 1.807) is 0 Å². The predicted molar refractivity (Wildman–Crippen MR) is 156 cm³/mol. The highest BCUT2D eigenvalue weighted by molar-refractivity contribution is 5.43. The average Bonchev–Trinajstić information content (AvgIpc) is 3.00. The smallest absolute Gasteiger partial charge is 0.161 e. The van der Waals surface area contributed by atoms with E-state index in [-0.39, 0.29) is 0 Å². The second kappa shape index (κ2) is 19.5. The molecule has 0 bridgehead atoms. The van der Waals surface area contributed by atoms with Gasteiger partial charge in [-0.25, -0.2) is 0 Å². The maximum absolute atomic E-state index is 6.08. The predicted octanol–water partition coefficient (Wildman–Crippen LogP) is 4.65. The summed E-state index contributed by atoms with van der Waals surface area (Å²) in [6.07, 6.45) is 6.78. The fourth-order valence-corrected chi connectivity index (χ4v) is 4.88. The molecule has 0 spiro atoms. The van der Waals surface area contributed by atoms with Gasteiger partial charge in [0.15, 0.2) is 23.0 Å². The number of para-hydroxylation sites is 2. The van der Waals surface area contributed by atoms with Crippen LogP contribution >= 0.6 is 0 Å². The standard InChI is InChI=1S/C32H47NO8/c1-2-6-27(7-3-1)25-33-26-28-10-11-31-32(24-28)41-23-19-37-15-14-35-17-21-39-30-9-5-4-8-29(30)38-20-16-34-12-13-36-18-22-40-31/h4-5,8-11,24,27,33H,1-3,6-7,12-23,25-26H2. The number of nitrogens with one attached hydrogen (secondary N) is 1. The summed E-state index contributed by atoms with van der Waals surface area (Å²) in [5.41, 5.74) is 1.17. The lowest BCUT2D eigenvalue weighted by Gasteiger charge is -2.22. The van der Waals surface area contributed by atoms with Gasteiger partial charge in [0.2, 0.25) is 0 Å². The number of hydrogen-bond acceptors (Lipinski definition) is 9. The lowest BCUT2D eigenvalue weighted by atomic mass is 9.89. The molecule has 0 unspecified atom stereocenters. The minimum atomic E-state index is 0.420. The molecule has 2 aliphatic rings. The minimum absolute atomic E-state index is 0.420. The first-order valence-corrected chi connectivity index (χ1v) is 15.1. The van der Waals surface area contributed by atoms with Gasteiger partial charge in [-0.2, -0.15) is 0 Å². The fourth-order valence-electron chi connectivity index (χ4n) is 4.88. The van der Waals surface area contributed by atoms with E-state index >= 15 is 0 Å². The topological polar surface area (TPSA) is 85.9 Å². The van der Waals surface area contributed by atoms with Gasteiger partial charge in [-0.1, -0.05) is 37.5 Å². The molecule has 1 aliphatic heterocycles. The van der Waals surface area contributed by atoms with E-state index in [4.69, 9.17) is 37.9 Å². The molecule has 9 heteroatoms. The van der Waals surface area contributed by atoms with Gasteiger partial charge in [0.1, 0.15) is 26.4 Å². The summed E-state index contributed by atoms with van der Waals surface area (Å²) in [7, 11) is 0. The monoisotopic (exact) mass is 573 g/mol. The average molecular weight is 574 g/mol. The van der Waals surface area contributed by atoms with Crippen molar-refractivity contribution in [2.75, 3.05) is 85.8 Å². The zero-order valence-corrected chi connectivity index (χ0v) is 24.3. The van der Waals surface area contributed by atoms with Crippen LogP contribution in [0.5, 0.6) is 23.0 Å². The van der Waals surface area contributed by atoms with E-state index in [0.29, 0.717) is 96.5 Å². The van der Waals surface area contributed by atoms with Crippen LogP contribution in [-0.2, 0) is 25.5 Å². The zero-order chi connectivity index (χ0) is 28.2. The summed E-state index contributed by atoms with van der Waals surface area (Å²) in [6, 6.07) is 13.7. The van der Waals surface area contributed by atoms with Crippen LogP contribution in [0.3, 0.4) is 0 Å². The minimum Gasteiger partial charge on any atom is -0.487 e. The summed E-state index contributed by atoms with van der Waals surface area (Å²) in [4.78, 5) is 0. The lowest BCUT2D eigenvalue weighted by molar-refractivity contribution is 0.0223. The van der Waals surface area contributed by atoms with Crippen molar-refractivity contribution < 1.29 is 37.9 Å². The van der Waals surface area contributed by atoms with Crippen molar-refractivity contribution in [2.45, 2.75) is 38.6 Å². The van der Waals surface area contributed by atoms with E-state index in [1.165, 1.54) is 37.7 Å². The molecular formula is C32H47NO8. The summed E-state index contributed by atoms with van der Waals surface area (Å²) >= 11 is 0. The molecule has 1 aliphatic carbocycles. The van der Waals surface area contributed by atoms with Gasteiger partial charge in [0.05, 0.1) is 52.9 Å². The Balaban J connectivity index is 1.24. The third-order valence-electron chi connectivity index (χ3n) is 7.03. The van der Waals surface area contributed by atoms with Gasteiger partial charge >= 0.3 is 0 Å². The van der Waals surface area contributed by atoms with Crippen molar-refractivity contribution in [1.82, 2.24) is 5.32 Å². The van der Waals surface area contributed by atoms with Crippen LogP contribution < -0.4 is 24.3 Å². The number of fused-ring (bicyclic) bond motifs is 2. The molecule has 228 valence electrons. The van der Waals surface area contributed by atoms with E-state index in [9.17, 15) is 0 Å². The molecule has 0 aromatic heterocycles. The highest BCUT2D eigenvalue weighted by Gasteiger charge is 2.13. The second-order valence-electron chi connectivity index (χ2n) is 10.2. The third kappa shape index (κ3) is 12.5. The van der Waals surface area contributed by atoms with Crippen molar-refractivity contribution >= 4 is 0 Å². The molecule has 1 N–H and O–H groups in total. The largest absolute Gasteiger partial charge is 0.487 e. The SMILES string of the molecule is c1ccc2c(c1)OCCOCCOCCOc1ccc(CNCC3CCCCC3)cc1OCCOCCOCCO2. The molecule has 0 radical (unpaired) electrons. The van der Waals surface area contributed by atoms with Crippen LogP contribution in [0, 0.1) is 5.92 Å². The summed E-state index contributed by atoms with van der Waals surface area (Å²) in [6.45, 7) is 7.32. The van der Waals surface area contributed by atoms with Crippen LogP contribution in [0.15, 0.2) is 42.5 Å². The van der Waals surface area contributed by atoms with Crippen LogP contribution in [-0.4, -0.2) is 85.8 Å². The molecular weight excluding hydrogens is 526 g/mol. The molecule has 0 saturated heterocycles. The molecule has 0 amide bonds. The second-order valence-corrected chi connectivity index (χ2v) is 10.2. The highest BCUT2D eigenvalue weighted by atomic mass is 16.6. The Bertz CT molecular complexity index is 968. The molecule has 2 aromatic rings. The van der Waals surface area contributed by atoms with Gasteiger partial charge in [0.25, 0.3) is 0 Å². The Morgan fingerprint density at radius 3 is 1.51 bits per heavy atom. The molecule has 2 aromatic carbocycles. The first-order chi connectivity index (χ1) is 20.4. The number of rotatable bonds is 4. The van der Waals surface area contributed by atoms with Crippen LogP contribution in [0.4, 0.5) is 0 Å². The van der Waals surface area contributed by atoms with Crippen molar-refractivity contribution in [2.24, 2.45) is 5.92 Å². The van der Waals surface area contributed by atoms with Gasteiger partial charge in [-0.05, 0) is 55.1 Å². The van der Waals surface area contributed by atoms with Crippen LogP contribution in [0.1, 0.15) is 37.7 Å². The van der Waals surface area contributed by atoms with Crippen molar-refractivity contribution in [3.63, 3.8) is 0 Å². The molecule has 41 heavy (non-hydrogen) atoms. The highest BCUT2D eigenvalue weighted by Crippen LogP contribution is 2.29. The lowest BCUT2D eigenvalue weighted by Crippen LogP contribution is -2.24. The van der Waals surface area contributed by atoms with Gasteiger partial charge in [0, 0.05) is 6.54 Å². The summed E-state index contributed by atoms with van der Waals surface area (Å²) < 4.78 is 46.4. The van der Waals surface area contributed by atoms with Crippen molar-refractivity contribution in [3.8, 4) is 23.0 Å².